The Morgan fingerprint density at radius 2 is 2.33 bits per heavy atom. The first-order chi connectivity index (χ1) is 7.25. The molecule has 0 atom stereocenters. The van der Waals surface area contributed by atoms with E-state index >= 15 is 0 Å². The van der Waals surface area contributed by atoms with Crippen LogP contribution < -0.4 is 5.32 Å². The number of rotatable bonds is 2. The van der Waals surface area contributed by atoms with E-state index in [0.717, 1.165) is 29.5 Å². The standard InChI is InChI=1S/C11H13BrN2O/c12-10-4-1-3-9(7-10)8-14-6-2-5-13-11(14)15/h1,3-4,7H,2,5-6,8H2,(H,13,15). The number of hydrogen-bond donors (Lipinski definition) is 1. The number of halogens is 1. The van der Waals surface area contributed by atoms with Crippen LogP contribution in [0.2, 0.25) is 0 Å². The summed E-state index contributed by atoms with van der Waals surface area (Å²) in [6.07, 6.45) is 1.03. The van der Waals surface area contributed by atoms with E-state index in [4.69, 9.17) is 0 Å². The predicted octanol–water partition coefficient (Wildman–Crippen LogP) is 2.36. The lowest BCUT2D eigenvalue weighted by molar-refractivity contribution is 0.183. The lowest BCUT2D eigenvalue weighted by Gasteiger charge is -2.27. The number of hydrogen-bond acceptors (Lipinski definition) is 1. The molecule has 0 bridgehead atoms. The predicted molar refractivity (Wildman–Crippen MR) is 62.6 cm³/mol. The second-order valence-electron chi connectivity index (χ2n) is 3.64. The summed E-state index contributed by atoms with van der Waals surface area (Å²) < 4.78 is 1.05. The molecule has 1 saturated heterocycles. The Bertz CT molecular complexity index is 367. The molecule has 1 N–H and O–H groups in total. The molecule has 1 aliphatic heterocycles. The zero-order chi connectivity index (χ0) is 10.7. The van der Waals surface area contributed by atoms with Gasteiger partial charge in [-0.25, -0.2) is 4.79 Å². The van der Waals surface area contributed by atoms with E-state index < -0.39 is 0 Å². The minimum Gasteiger partial charge on any atom is -0.338 e. The summed E-state index contributed by atoms with van der Waals surface area (Å²) >= 11 is 3.42. The van der Waals surface area contributed by atoms with Crippen molar-refractivity contribution in [3.05, 3.63) is 34.3 Å². The Morgan fingerprint density at radius 3 is 3.07 bits per heavy atom. The van der Waals surface area contributed by atoms with Crippen molar-refractivity contribution in [2.45, 2.75) is 13.0 Å². The summed E-state index contributed by atoms with van der Waals surface area (Å²) in [4.78, 5) is 13.3. The largest absolute Gasteiger partial charge is 0.338 e. The normalized spacial score (nSPS) is 16.3. The van der Waals surface area contributed by atoms with Crippen LogP contribution in [0.3, 0.4) is 0 Å². The van der Waals surface area contributed by atoms with Gasteiger partial charge in [-0.3, -0.25) is 0 Å². The summed E-state index contributed by atoms with van der Waals surface area (Å²) in [5, 5.41) is 2.84. The van der Waals surface area contributed by atoms with Gasteiger partial charge < -0.3 is 10.2 Å². The summed E-state index contributed by atoms with van der Waals surface area (Å²) in [6, 6.07) is 8.09. The molecule has 0 unspecified atom stereocenters. The average Bonchev–Trinajstić information content (AvgIpc) is 2.22. The summed E-state index contributed by atoms with van der Waals surface area (Å²) in [5.41, 5.74) is 1.15. The Morgan fingerprint density at radius 1 is 1.47 bits per heavy atom. The third kappa shape index (κ3) is 2.72. The molecule has 3 nitrogen and oxygen atoms in total. The van der Waals surface area contributed by atoms with E-state index in [0.29, 0.717) is 6.54 Å². The molecule has 0 spiro atoms. The molecule has 1 aromatic carbocycles. The second-order valence-corrected chi connectivity index (χ2v) is 4.55. The minimum absolute atomic E-state index is 0.0428. The Labute approximate surface area is 97.6 Å². The summed E-state index contributed by atoms with van der Waals surface area (Å²) in [6.45, 7) is 2.33. The number of urea groups is 1. The van der Waals surface area contributed by atoms with Crippen LogP contribution in [-0.2, 0) is 6.54 Å². The Kier molecular flexibility index (Phi) is 3.26. The molecular weight excluding hydrogens is 256 g/mol. The van der Waals surface area contributed by atoms with Gasteiger partial charge in [-0.15, -0.1) is 0 Å². The zero-order valence-corrected chi connectivity index (χ0v) is 9.96. The highest BCUT2D eigenvalue weighted by atomic mass is 79.9. The Balaban J connectivity index is 2.04. The number of carbonyl (C=O) groups excluding carboxylic acids is 1. The van der Waals surface area contributed by atoms with Crippen molar-refractivity contribution < 1.29 is 4.79 Å². The van der Waals surface area contributed by atoms with E-state index in [1.807, 2.05) is 29.2 Å². The highest BCUT2D eigenvalue weighted by molar-refractivity contribution is 9.10. The maximum absolute atomic E-state index is 11.5. The van der Waals surface area contributed by atoms with Crippen LogP contribution in [0.1, 0.15) is 12.0 Å². The van der Waals surface area contributed by atoms with Crippen molar-refractivity contribution in [1.82, 2.24) is 10.2 Å². The maximum atomic E-state index is 11.5. The molecule has 2 rings (SSSR count). The van der Waals surface area contributed by atoms with Crippen LogP contribution in [0, 0.1) is 0 Å². The fraction of sp³-hybridized carbons (Fsp3) is 0.364. The molecule has 1 heterocycles. The highest BCUT2D eigenvalue weighted by Gasteiger charge is 2.17. The van der Waals surface area contributed by atoms with Gasteiger partial charge in [0.25, 0.3) is 0 Å². The van der Waals surface area contributed by atoms with Gasteiger partial charge in [-0.1, -0.05) is 28.1 Å². The molecule has 2 amide bonds. The molecule has 0 saturated carbocycles. The van der Waals surface area contributed by atoms with E-state index in [9.17, 15) is 4.79 Å². The van der Waals surface area contributed by atoms with Crippen molar-refractivity contribution in [2.24, 2.45) is 0 Å². The van der Waals surface area contributed by atoms with E-state index in [1.54, 1.807) is 0 Å². The topological polar surface area (TPSA) is 32.3 Å². The molecule has 1 aromatic rings. The van der Waals surface area contributed by atoms with Gasteiger partial charge in [0.1, 0.15) is 0 Å². The van der Waals surface area contributed by atoms with Gasteiger partial charge in [0.2, 0.25) is 0 Å². The van der Waals surface area contributed by atoms with Crippen molar-refractivity contribution in [3.63, 3.8) is 0 Å². The third-order valence-corrected chi connectivity index (χ3v) is 2.92. The molecule has 0 radical (unpaired) electrons. The maximum Gasteiger partial charge on any atom is 0.317 e. The van der Waals surface area contributed by atoms with Crippen LogP contribution in [-0.4, -0.2) is 24.0 Å². The average molecular weight is 269 g/mol. The van der Waals surface area contributed by atoms with E-state index in [2.05, 4.69) is 21.2 Å². The minimum atomic E-state index is 0.0428. The first-order valence-electron chi connectivity index (χ1n) is 5.03. The lowest BCUT2D eigenvalue weighted by atomic mass is 10.2. The molecule has 0 aromatic heterocycles. The number of nitrogens with zero attached hydrogens (tertiary/aromatic N) is 1. The molecule has 4 heteroatoms. The van der Waals surface area contributed by atoms with E-state index in [1.165, 1.54) is 0 Å². The number of carbonyl (C=O) groups is 1. The molecule has 1 aliphatic rings. The molecule has 80 valence electrons. The van der Waals surface area contributed by atoms with Crippen molar-refractivity contribution in [3.8, 4) is 0 Å². The lowest BCUT2D eigenvalue weighted by Crippen LogP contribution is -2.45. The van der Waals surface area contributed by atoms with Crippen LogP contribution >= 0.6 is 15.9 Å². The van der Waals surface area contributed by atoms with Crippen LogP contribution in [0.15, 0.2) is 28.7 Å². The van der Waals surface area contributed by atoms with Gasteiger partial charge in [0, 0.05) is 24.1 Å². The molecule has 15 heavy (non-hydrogen) atoms. The van der Waals surface area contributed by atoms with Crippen molar-refractivity contribution in [1.29, 1.82) is 0 Å². The Hall–Kier alpha value is -1.03. The van der Waals surface area contributed by atoms with E-state index in [-0.39, 0.29) is 6.03 Å². The molecule has 0 aliphatic carbocycles. The van der Waals surface area contributed by atoms with Gasteiger partial charge in [0.05, 0.1) is 0 Å². The van der Waals surface area contributed by atoms with Crippen molar-refractivity contribution >= 4 is 22.0 Å². The second kappa shape index (κ2) is 4.66. The molecular formula is C11H13BrN2O. The number of amides is 2. The SMILES string of the molecule is O=C1NCCCN1Cc1cccc(Br)c1. The first kappa shape index (κ1) is 10.5. The van der Waals surface area contributed by atoms with Gasteiger partial charge in [-0.05, 0) is 24.1 Å². The number of benzene rings is 1. The van der Waals surface area contributed by atoms with Gasteiger partial charge >= 0.3 is 6.03 Å². The quantitative estimate of drug-likeness (QED) is 0.878. The monoisotopic (exact) mass is 268 g/mol. The number of nitrogens with one attached hydrogen (secondary N) is 1. The van der Waals surface area contributed by atoms with Crippen molar-refractivity contribution in [2.75, 3.05) is 13.1 Å². The smallest absolute Gasteiger partial charge is 0.317 e. The zero-order valence-electron chi connectivity index (χ0n) is 8.37. The fourth-order valence-electron chi connectivity index (χ4n) is 1.69. The highest BCUT2D eigenvalue weighted by Crippen LogP contribution is 2.14. The molecule has 1 fully saturated rings. The third-order valence-electron chi connectivity index (χ3n) is 2.43. The summed E-state index contributed by atoms with van der Waals surface area (Å²) in [7, 11) is 0. The van der Waals surface area contributed by atoms with Crippen LogP contribution in [0.4, 0.5) is 4.79 Å². The summed E-state index contributed by atoms with van der Waals surface area (Å²) in [5.74, 6) is 0. The van der Waals surface area contributed by atoms with Gasteiger partial charge in [0.15, 0.2) is 0 Å². The van der Waals surface area contributed by atoms with Crippen LogP contribution in [0.5, 0.6) is 0 Å². The van der Waals surface area contributed by atoms with Gasteiger partial charge in [-0.2, -0.15) is 0 Å². The fourth-order valence-corrected chi connectivity index (χ4v) is 2.13. The first-order valence-corrected chi connectivity index (χ1v) is 5.82. The van der Waals surface area contributed by atoms with Crippen LogP contribution in [0.25, 0.3) is 0 Å².